The normalized spacial score (nSPS) is 21.6. The molecule has 0 atom stereocenters. The van der Waals surface area contributed by atoms with Crippen LogP contribution in [0.25, 0.3) is 0 Å². The summed E-state index contributed by atoms with van der Waals surface area (Å²) in [6, 6.07) is 7.85. The van der Waals surface area contributed by atoms with E-state index in [2.05, 4.69) is 41.8 Å². The van der Waals surface area contributed by atoms with Gasteiger partial charge >= 0.3 is 0 Å². The van der Waals surface area contributed by atoms with Crippen molar-refractivity contribution in [1.29, 1.82) is 0 Å². The third kappa shape index (κ3) is 2.85. The molecule has 0 bridgehead atoms. The molecule has 3 rings (SSSR count). The average Bonchev–Trinajstić information content (AvgIpc) is 3.01. The summed E-state index contributed by atoms with van der Waals surface area (Å²) in [5.74, 6) is 0. The Morgan fingerprint density at radius 2 is 1.75 bits per heavy atom. The van der Waals surface area contributed by atoms with Gasteiger partial charge in [0.05, 0.1) is 0 Å². The van der Waals surface area contributed by atoms with E-state index in [9.17, 15) is 0 Å². The topological polar surface area (TPSA) is 6.48 Å². The lowest BCUT2D eigenvalue weighted by atomic mass is 10.0. The number of hydrogen-bond donors (Lipinski definition) is 0. The van der Waals surface area contributed by atoms with Gasteiger partial charge in [0.15, 0.2) is 0 Å². The highest BCUT2D eigenvalue weighted by atomic mass is 15.2. The summed E-state index contributed by atoms with van der Waals surface area (Å²) in [6.07, 6.45) is 6.65. The number of nitrogens with zero attached hydrogens (tertiary/aromatic N) is 2. The molecule has 0 saturated carbocycles. The maximum absolute atomic E-state index is 2.73. The average molecular weight is 272 g/mol. The molecule has 0 N–H and O–H groups in total. The summed E-state index contributed by atoms with van der Waals surface area (Å²) in [7, 11) is 0. The zero-order chi connectivity index (χ0) is 13.9. The Hall–Kier alpha value is -1.02. The van der Waals surface area contributed by atoms with Gasteiger partial charge < -0.3 is 9.80 Å². The van der Waals surface area contributed by atoms with Crippen molar-refractivity contribution in [1.82, 2.24) is 4.90 Å². The van der Waals surface area contributed by atoms with E-state index >= 15 is 0 Å². The van der Waals surface area contributed by atoms with Crippen LogP contribution in [0.1, 0.15) is 43.7 Å². The SMILES string of the molecule is CCc1ccc(N2CCC(N3CCCC3)CC2)c(C)c1. The maximum atomic E-state index is 2.73. The predicted molar refractivity (Wildman–Crippen MR) is 86.6 cm³/mol. The molecule has 0 unspecified atom stereocenters. The molecule has 20 heavy (non-hydrogen) atoms. The third-order valence-electron chi connectivity index (χ3n) is 5.13. The zero-order valence-electron chi connectivity index (χ0n) is 13.1. The smallest absolute Gasteiger partial charge is 0.0396 e. The first-order chi connectivity index (χ1) is 9.78. The lowest BCUT2D eigenvalue weighted by molar-refractivity contribution is 0.208. The van der Waals surface area contributed by atoms with Gasteiger partial charge in [0, 0.05) is 24.8 Å². The standard InChI is InChI=1S/C18H28N2/c1-3-16-6-7-18(15(2)14-16)20-12-8-17(9-13-20)19-10-4-5-11-19/h6-7,14,17H,3-5,8-13H2,1-2H3. The van der Waals surface area contributed by atoms with E-state index in [0.717, 1.165) is 12.5 Å². The third-order valence-corrected chi connectivity index (χ3v) is 5.13. The molecule has 2 aliphatic heterocycles. The van der Waals surface area contributed by atoms with Crippen LogP contribution < -0.4 is 4.90 Å². The van der Waals surface area contributed by atoms with E-state index in [4.69, 9.17) is 0 Å². The Balaban J connectivity index is 1.62. The number of aryl methyl sites for hydroxylation is 2. The molecule has 1 aromatic carbocycles. The summed E-state index contributed by atoms with van der Waals surface area (Å²) < 4.78 is 0. The summed E-state index contributed by atoms with van der Waals surface area (Å²) in [5, 5.41) is 0. The highest BCUT2D eigenvalue weighted by Gasteiger charge is 2.26. The van der Waals surface area contributed by atoms with Crippen molar-refractivity contribution in [2.24, 2.45) is 0 Å². The van der Waals surface area contributed by atoms with E-state index < -0.39 is 0 Å². The summed E-state index contributed by atoms with van der Waals surface area (Å²) in [5.41, 5.74) is 4.37. The molecular formula is C18H28N2. The Kier molecular flexibility index (Phi) is 4.30. The van der Waals surface area contributed by atoms with E-state index in [1.807, 2.05) is 0 Å². The first-order valence-corrected chi connectivity index (χ1v) is 8.36. The minimum absolute atomic E-state index is 0.851. The Morgan fingerprint density at radius 1 is 1.05 bits per heavy atom. The molecule has 2 fully saturated rings. The molecule has 0 aliphatic carbocycles. The van der Waals surface area contributed by atoms with Gasteiger partial charge in [-0.05, 0) is 69.3 Å². The number of piperidine rings is 1. The molecule has 2 aliphatic rings. The van der Waals surface area contributed by atoms with Crippen molar-refractivity contribution < 1.29 is 0 Å². The number of likely N-dealkylation sites (tertiary alicyclic amines) is 1. The number of benzene rings is 1. The highest BCUT2D eigenvalue weighted by molar-refractivity contribution is 5.54. The highest BCUT2D eigenvalue weighted by Crippen LogP contribution is 2.27. The minimum atomic E-state index is 0.851. The minimum Gasteiger partial charge on any atom is -0.371 e. The van der Waals surface area contributed by atoms with Crippen LogP contribution in [-0.4, -0.2) is 37.1 Å². The van der Waals surface area contributed by atoms with Crippen molar-refractivity contribution >= 4 is 5.69 Å². The molecular weight excluding hydrogens is 244 g/mol. The zero-order valence-corrected chi connectivity index (χ0v) is 13.1. The first kappa shape index (κ1) is 13.9. The molecule has 110 valence electrons. The molecule has 2 heteroatoms. The van der Waals surface area contributed by atoms with Gasteiger partial charge in [0.2, 0.25) is 0 Å². The number of rotatable bonds is 3. The number of hydrogen-bond acceptors (Lipinski definition) is 2. The molecule has 2 saturated heterocycles. The molecule has 2 nitrogen and oxygen atoms in total. The Bertz CT molecular complexity index is 441. The van der Waals surface area contributed by atoms with Crippen LogP contribution in [0, 0.1) is 6.92 Å². The molecule has 0 aromatic heterocycles. The number of anilines is 1. The second kappa shape index (κ2) is 6.17. The van der Waals surface area contributed by atoms with E-state index in [0.29, 0.717) is 0 Å². The van der Waals surface area contributed by atoms with Gasteiger partial charge in [-0.15, -0.1) is 0 Å². The maximum Gasteiger partial charge on any atom is 0.0396 e. The second-order valence-corrected chi connectivity index (χ2v) is 6.44. The van der Waals surface area contributed by atoms with Crippen molar-refractivity contribution in [2.45, 2.75) is 52.0 Å². The molecule has 2 heterocycles. The van der Waals surface area contributed by atoms with E-state index in [1.54, 1.807) is 0 Å². The van der Waals surface area contributed by atoms with Gasteiger partial charge in [-0.2, -0.15) is 0 Å². The van der Waals surface area contributed by atoms with Crippen LogP contribution in [0.15, 0.2) is 18.2 Å². The van der Waals surface area contributed by atoms with Crippen molar-refractivity contribution in [3.8, 4) is 0 Å². The van der Waals surface area contributed by atoms with Crippen molar-refractivity contribution in [3.63, 3.8) is 0 Å². The molecule has 1 aromatic rings. The molecule has 0 radical (unpaired) electrons. The summed E-state index contributed by atoms with van der Waals surface area (Å²) in [6.45, 7) is 9.64. The Labute approximate surface area is 123 Å². The monoisotopic (exact) mass is 272 g/mol. The predicted octanol–water partition coefficient (Wildman–Crippen LogP) is 3.62. The molecule has 0 spiro atoms. The van der Waals surface area contributed by atoms with Crippen LogP contribution in [0.5, 0.6) is 0 Å². The van der Waals surface area contributed by atoms with Gasteiger partial charge in [-0.1, -0.05) is 19.1 Å². The van der Waals surface area contributed by atoms with Crippen LogP contribution in [0.3, 0.4) is 0 Å². The van der Waals surface area contributed by atoms with Crippen molar-refractivity contribution in [3.05, 3.63) is 29.3 Å². The Morgan fingerprint density at radius 3 is 2.35 bits per heavy atom. The van der Waals surface area contributed by atoms with E-state index in [-0.39, 0.29) is 0 Å². The summed E-state index contributed by atoms with van der Waals surface area (Å²) >= 11 is 0. The van der Waals surface area contributed by atoms with Crippen LogP contribution in [0.2, 0.25) is 0 Å². The van der Waals surface area contributed by atoms with Crippen molar-refractivity contribution in [2.75, 3.05) is 31.1 Å². The van der Waals surface area contributed by atoms with Gasteiger partial charge in [-0.3, -0.25) is 0 Å². The molecule has 0 amide bonds. The van der Waals surface area contributed by atoms with Crippen LogP contribution in [0.4, 0.5) is 5.69 Å². The fraction of sp³-hybridized carbons (Fsp3) is 0.667. The quantitative estimate of drug-likeness (QED) is 0.829. The lowest BCUT2D eigenvalue weighted by Gasteiger charge is -2.38. The first-order valence-electron chi connectivity index (χ1n) is 8.36. The second-order valence-electron chi connectivity index (χ2n) is 6.44. The largest absolute Gasteiger partial charge is 0.371 e. The lowest BCUT2D eigenvalue weighted by Crippen LogP contribution is -2.44. The fourth-order valence-corrected chi connectivity index (χ4v) is 3.87. The van der Waals surface area contributed by atoms with Crippen LogP contribution >= 0.6 is 0 Å². The van der Waals surface area contributed by atoms with Gasteiger partial charge in [0.25, 0.3) is 0 Å². The van der Waals surface area contributed by atoms with Crippen LogP contribution in [-0.2, 0) is 6.42 Å². The summed E-state index contributed by atoms with van der Waals surface area (Å²) in [4.78, 5) is 5.33. The fourth-order valence-electron chi connectivity index (χ4n) is 3.87. The van der Waals surface area contributed by atoms with Gasteiger partial charge in [0.1, 0.15) is 0 Å². The van der Waals surface area contributed by atoms with E-state index in [1.165, 1.54) is 68.7 Å². The van der Waals surface area contributed by atoms with Gasteiger partial charge in [-0.25, -0.2) is 0 Å².